The molecule has 0 unspecified atom stereocenters. The lowest BCUT2D eigenvalue weighted by molar-refractivity contribution is -0.115. The second-order valence-corrected chi connectivity index (χ2v) is 5.85. The fourth-order valence-corrected chi connectivity index (χ4v) is 3.27. The van der Waals surface area contributed by atoms with Crippen LogP contribution in [0.15, 0.2) is 72.8 Å². The molecule has 0 aliphatic heterocycles. The monoisotopic (exact) mass is 299 g/mol. The van der Waals surface area contributed by atoms with Gasteiger partial charge in [-0.1, -0.05) is 60.7 Å². The normalized spacial score (nSPS) is 12.8. The minimum absolute atomic E-state index is 0.0267. The van der Waals surface area contributed by atoms with Crippen LogP contribution in [0.5, 0.6) is 0 Å². The van der Waals surface area contributed by atoms with E-state index < -0.39 is 0 Å². The average molecular weight is 299 g/mol. The van der Waals surface area contributed by atoms with E-state index in [1.54, 1.807) is 0 Å². The molecular formula is C21H17NO. The van der Waals surface area contributed by atoms with Crippen LogP contribution in [0, 0.1) is 0 Å². The molecule has 1 amide bonds. The zero-order valence-electron chi connectivity index (χ0n) is 12.8. The summed E-state index contributed by atoms with van der Waals surface area (Å²) in [4.78, 5) is 12.4. The molecule has 3 aromatic carbocycles. The van der Waals surface area contributed by atoms with Crippen molar-refractivity contribution in [3.05, 3.63) is 83.9 Å². The first-order valence-electron chi connectivity index (χ1n) is 7.86. The fourth-order valence-electron chi connectivity index (χ4n) is 3.27. The number of amides is 1. The van der Waals surface area contributed by atoms with Crippen LogP contribution in [0.25, 0.3) is 16.3 Å². The molecule has 0 bridgehead atoms. The molecule has 2 heteroatoms. The highest BCUT2D eigenvalue weighted by Gasteiger charge is 2.16. The maximum absolute atomic E-state index is 12.4. The Kier molecular flexibility index (Phi) is 3.43. The lowest BCUT2D eigenvalue weighted by Crippen LogP contribution is -2.13. The van der Waals surface area contributed by atoms with Gasteiger partial charge in [0, 0.05) is 5.69 Å². The van der Waals surface area contributed by atoms with E-state index in [2.05, 4.69) is 47.8 Å². The van der Waals surface area contributed by atoms with Gasteiger partial charge in [-0.3, -0.25) is 4.79 Å². The maximum Gasteiger partial charge on any atom is 0.228 e. The Bertz CT molecular complexity index is 904. The molecule has 0 saturated heterocycles. The zero-order chi connectivity index (χ0) is 15.6. The van der Waals surface area contributed by atoms with Crippen molar-refractivity contribution in [3.63, 3.8) is 0 Å². The quantitative estimate of drug-likeness (QED) is 0.739. The van der Waals surface area contributed by atoms with Crippen molar-refractivity contribution in [3.8, 4) is 0 Å². The van der Waals surface area contributed by atoms with Crippen molar-refractivity contribution in [1.82, 2.24) is 0 Å². The first-order chi connectivity index (χ1) is 11.3. The van der Waals surface area contributed by atoms with E-state index >= 15 is 0 Å². The van der Waals surface area contributed by atoms with Crippen LogP contribution in [0.2, 0.25) is 0 Å². The van der Waals surface area contributed by atoms with Crippen molar-refractivity contribution in [1.29, 1.82) is 0 Å². The van der Waals surface area contributed by atoms with Crippen molar-refractivity contribution < 1.29 is 4.79 Å². The molecule has 4 rings (SSSR count). The van der Waals surface area contributed by atoms with Gasteiger partial charge in [0.25, 0.3) is 0 Å². The molecule has 1 aliphatic rings. The third-order valence-corrected chi connectivity index (χ3v) is 4.31. The minimum atomic E-state index is 0.0267. The van der Waals surface area contributed by atoms with Gasteiger partial charge in [-0.2, -0.15) is 0 Å². The van der Waals surface area contributed by atoms with E-state index in [9.17, 15) is 4.79 Å². The first-order valence-corrected chi connectivity index (χ1v) is 7.86. The van der Waals surface area contributed by atoms with E-state index in [1.807, 2.05) is 30.3 Å². The molecule has 3 aromatic rings. The molecule has 0 fully saturated rings. The van der Waals surface area contributed by atoms with Crippen molar-refractivity contribution >= 4 is 27.9 Å². The van der Waals surface area contributed by atoms with Gasteiger partial charge in [0.15, 0.2) is 0 Å². The summed E-state index contributed by atoms with van der Waals surface area (Å²) >= 11 is 0. The van der Waals surface area contributed by atoms with Crippen LogP contribution in [0.1, 0.15) is 17.5 Å². The lowest BCUT2D eigenvalue weighted by atomic mass is 9.87. The summed E-state index contributed by atoms with van der Waals surface area (Å²) in [6.07, 6.45) is 3.48. The Balaban J connectivity index is 1.62. The predicted molar refractivity (Wildman–Crippen MR) is 95.3 cm³/mol. The molecule has 0 saturated carbocycles. The smallest absolute Gasteiger partial charge is 0.228 e. The van der Waals surface area contributed by atoms with Crippen LogP contribution in [0.4, 0.5) is 5.69 Å². The predicted octanol–water partition coefficient (Wildman–Crippen LogP) is 4.81. The van der Waals surface area contributed by atoms with Gasteiger partial charge < -0.3 is 5.32 Å². The summed E-state index contributed by atoms with van der Waals surface area (Å²) in [5.41, 5.74) is 4.48. The number of anilines is 1. The van der Waals surface area contributed by atoms with E-state index in [4.69, 9.17) is 0 Å². The van der Waals surface area contributed by atoms with Crippen molar-refractivity contribution in [2.45, 2.75) is 12.8 Å². The van der Waals surface area contributed by atoms with Gasteiger partial charge in [0.05, 0.1) is 6.42 Å². The summed E-state index contributed by atoms with van der Waals surface area (Å²) in [5.74, 6) is 0.0267. The second-order valence-electron chi connectivity index (χ2n) is 5.85. The molecule has 112 valence electrons. The topological polar surface area (TPSA) is 29.1 Å². The molecular weight excluding hydrogens is 282 g/mol. The Hall–Kier alpha value is -2.87. The zero-order valence-corrected chi connectivity index (χ0v) is 12.8. The van der Waals surface area contributed by atoms with E-state index in [0.29, 0.717) is 6.42 Å². The molecule has 0 atom stereocenters. The molecule has 0 aromatic heterocycles. The number of benzene rings is 3. The van der Waals surface area contributed by atoms with Crippen LogP contribution in [-0.2, 0) is 11.2 Å². The molecule has 23 heavy (non-hydrogen) atoms. The third kappa shape index (κ3) is 2.64. The Morgan fingerprint density at radius 2 is 1.70 bits per heavy atom. The van der Waals surface area contributed by atoms with Crippen molar-refractivity contribution in [2.24, 2.45) is 0 Å². The average Bonchev–Trinajstić information content (AvgIpc) is 2.58. The lowest BCUT2D eigenvalue weighted by Gasteiger charge is -2.18. The number of para-hydroxylation sites is 1. The number of carbonyl (C=O) groups is 1. The molecule has 1 aliphatic carbocycles. The number of allylic oxidation sites excluding steroid dienone is 1. The summed E-state index contributed by atoms with van der Waals surface area (Å²) in [6.45, 7) is 0. The summed E-state index contributed by atoms with van der Waals surface area (Å²) < 4.78 is 0. The van der Waals surface area contributed by atoms with E-state index in [0.717, 1.165) is 17.7 Å². The molecule has 2 nitrogen and oxygen atoms in total. The standard InChI is InChI=1S/C21H17NO/c23-20(22-18-9-2-1-3-10-18)14-17-13-12-16-7-4-6-15-8-5-11-19(17)21(15)16/h1-11,13H,12,14H2,(H,22,23). The number of hydrogen-bond acceptors (Lipinski definition) is 1. The fraction of sp³-hybridized carbons (Fsp3) is 0.0952. The second kappa shape index (κ2) is 5.73. The number of nitrogens with one attached hydrogen (secondary N) is 1. The Morgan fingerprint density at radius 1 is 0.913 bits per heavy atom. The highest BCUT2D eigenvalue weighted by Crippen LogP contribution is 2.34. The van der Waals surface area contributed by atoms with Gasteiger partial charge in [-0.25, -0.2) is 0 Å². The van der Waals surface area contributed by atoms with Crippen LogP contribution < -0.4 is 5.32 Å². The summed E-state index contributed by atoms with van der Waals surface area (Å²) in [5, 5.41) is 5.50. The summed E-state index contributed by atoms with van der Waals surface area (Å²) in [6, 6.07) is 22.3. The first kappa shape index (κ1) is 13.8. The molecule has 0 heterocycles. The molecule has 1 N–H and O–H groups in total. The highest BCUT2D eigenvalue weighted by molar-refractivity contribution is 6.04. The van der Waals surface area contributed by atoms with E-state index in [1.165, 1.54) is 21.9 Å². The third-order valence-electron chi connectivity index (χ3n) is 4.31. The van der Waals surface area contributed by atoms with Crippen molar-refractivity contribution in [2.75, 3.05) is 5.32 Å². The van der Waals surface area contributed by atoms with Crippen LogP contribution in [0.3, 0.4) is 0 Å². The van der Waals surface area contributed by atoms with Gasteiger partial charge >= 0.3 is 0 Å². The van der Waals surface area contributed by atoms with Gasteiger partial charge in [-0.05, 0) is 46.0 Å². The Morgan fingerprint density at radius 3 is 2.52 bits per heavy atom. The Labute approximate surface area is 135 Å². The van der Waals surface area contributed by atoms with Gasteiger partial charge in [-0.15, -0.1) is 0 Å². The number of rotatable bonds is 3. The largest absolute Gasteiger partial charge is 0.326 e. The SMILES string of the molecule is O=C(CC1=CCc2cccc3cccc1c23)Nc1ccccc1. The molecule has 0 spiro atoms. The minimum Gasteiger partial charge on any atom is -0.326 e. The van der Waals surface area contributed by atoms with Crippen LogP contribution >= 0.6 is 0 Å². The highest BCUT2D eigenvalue weighted by atomic mass is 16.1. The summed E-state index contributed by atoms with van der Waals surface area (Å²) in [7, 11) is 0. The maximum atomic E-state index is 12.4. The number of carbonyl (C=O) groups excluding carboxylic acids is 1. The number of hydrogen-bond donors (Lipinski definition) is 1. The molecule has 0 radical (unpaired) electrons. The van der Waals surface area contributed by atoms with Crippen LogP contribution in [-0.4, -0.2) is 5.91 Å². The van der Waals surface area contributed by atoms with Gasteiger partial charge in [0.2, 0.25) is 5.91 Å². The van der Waals surface area contributed by atoms with Gasteiger partial charge in [0.1, 0.15) is 0 Å². The van der Waals surface area contributed by atoms with E-state index in [-0.39, 0.29) is 5.91 Å².